The summed E-state index contributed by atoms with van der Waals surface area (Å²) in [7, 11) is 0. The second-order valence-corrected chi connectivity index (χ2v) is 10.00. The average Bonchev–Trinajstić information content (AvgIpc) is 3.28. The van der Waals surface area contributed by atoms with E-state index in [0.717, 1.165) is 0 Å². The molecule has 0 aliphatic heterocycles. The molecule has 0 saturated heterocycles. The Kier molecular flexibility index (Phi) is 20.2. The van der Waals surface area contributed by atoms with Crippen molar-refractivity contribution in [3.8, 4) is 11.1 Å². The zero-order chi connectivity index (χ0) is 26.5. The minimum atomic E-state index is -0.250. The van der Waals surface area contributed by atoms with Gasteiger partial charge in [0, 0.05) is 11.0 Å². The quantitative estimate of drug-likeness (QED) is 0.113. The first kappa shape index (κ1) is 40.0. The van der Waals surface area contributed by atoms with Crippen LogP contribution in [-0.4, -0.2) is 16.5 Å². The first-order chi connectivity index (χ1) is 17.8. The summed E-state index contributed by atoms with van der Waals surface area (Å²) >= 11 is 0. The summed E-state index contributed by atoms with van der Waals surface area (Å²) in [5, 5.41) is 2.69. The molecule has 0 aromatic heterocycles. The Morgan fingerprint density at radius 2 is 1.05 bits per heavy atom. The smallest absolute Gasteiger partial charge is 0.673 e. The molecular formula is C38H43NSiTi. The van der Waals surface area contributed by atoms with E-state index in [1.807, 2.05) is 57.2 Å². The summed E-state index contributed by atoms with van der Waals surface area (Å²) in [5.74, 6) is 0. The van der Waals surface area contributed by atoms with Gasteiger partial charge in [-0.1, -0.05) is 155 Å². The molecule has 0 fully saturated rings. The number of benzene rings is 4. The van der Waals surface area contributed by atoms with Gasteiger partial charge in [0.05, 0.1) is 0 Å². The predicted octanol–water partition coefficient (Wildman–Crippen LogP) is 11.3. The number of hydrogen-bond donors (Lipinski definition) is 0. The fourth-order valence-corrected chi connectivity index (χ4v) is 3.72. The fourth-order valence-electron chi connectivity index (χ4n) is 3.72. The third kappa shape index (κ3) is 15.4. The minimum Gasteiger partial charge on any atom is -0.673 e. The fraction of sp³-hybridized carbons (Fsp3) is 0.132. The molecule has 0 heterocycles. The summed E-state index contributed by atoms with van der Waals surface area (Å²) in [6, 6.07) is 42.1. The molecule has 0 spiro atoms. The van der Waals surface area contributed by atoms with Crippen LogP contribution in [0.4, 0.5) is 0 Å². The van der Waals surface area contributed by atoms with Gasteiger partial charge in [-0.3, -0.25) is 0 Å². The topological polar surface area (TPSA) is 23.8 Å². The van der Waals surface area contributed by atoms with Crippen molar-refractivity contribution in [3.63, 3.8) is 0 Å². The van der Waals surface area contributed by atoms with E-state index in [2.05, 4.69) is 116 Å². The van der Waals surface area contributed by atoms with Crippen molar-refractivity contribution in [2.75, 3.05) is 0 Å². The molecule has 208 valence electrons. The summed E-state index contributed by atoms with van der Waals surface area (Å²) in [4.78, 5) is 0. The largest absolute Gasteiger partial charge is 4.00 e. The molecule has 5 aromatic carbocycles. The van der Waals surface area contributed by atoms with Crippen LogP contribution in [-0.2, 0) is 21.7 Å². The maximum absolute atomic E-state index is 6.94. The molecule has 1 N–H and O–H groups in total. The molecule has 41 heavy (non-hydrogen) atoms. The van der Waals surface area contributed by atoms with Crippen LogP contribution in [0.2, 0.25) is 0 Å². The van der Waals surface area contributed by atoms with E-state index in [4.69, 9.17) is 5.73 Å². The Morgan fingerprint density at radius 1 is 0.634 bits per heavy atom. The van der Waals surface area contributed by atoms with Gasteiger partial charge in [-0.2, -0.15) is 6.07 Å². The summed E-state index contributed by atoms with van der Waals surface area (Å²) in [5.41, 5.74) is 13.1. The molecule has 0 unspecified atom stereocenters. The van der Waals surface area contributed by atoms with Crippen molar-refractivity contribution in [1.82, 2.24) is 0 Å². The number of nitrogens with one attached hydrogen (secondary N) is 1. The van der Waals surface area contributed by atoms with Crippen LogP contribution in [0.25, 0.3) is 39.8 Å². The third-order valence-electron chi connectivity index (χ3n) is 5.27. The number of hydrogen-bond acceptors (Lipinski definition) is 0. The van der Waals surface area contributed by atoms with Gasteiger partial charge >= 0.3 is 21.7 Å². The number of aryl methyl sites for hydroxylation is 1. The van der Waals surface area contributed by atoms with Crippen LogP contribution < -0.4 is 0 Å². The Bertz CT molecular complexity index is 1340. The zero-order valence-corrected chi connectivity index (χ0v) is 27.9. The van der Waals surface area contributed by atoms with Gasteiger partial charge in [0.2, 0.25) is 0 Å². The Hall–Kier alpha value is -3.14. The SMILES string of the molecule is C(C=Cc1ccccc1)=Cc1ccccc1.CC(C)(C)[NH-].Cc1cc2c(-c3ccccc3)cccc2[cH-]1.[CH3-].[CH3-].[Si].[Ti+4]. The Labute approximate surface area is 269 Å². The summed E-state index contributed by atoms with van der Waals surface area (Å²) in [6.07, 6.45) is 8.31. The molecule has 1 nitrogen and oxygen atoms in total. The van der Waals surface area contributed by atoms with Gasteiger partial charge < -0.3 is 20.6 Å². The van der Waals surface area contributed by atoms with E-state index >= 15 is 0 Å². The molecule has 0 saturated carbocycles. The van der Waals surface area contributed by atoms with Gasteiger partial charge in [-0.05, 0) is 16.7 Å². The van der Waals surface area contributed by atoms with Gasteiger partial charge in [0.25, 0.3) is 0 Å². The third-order valence-corrected chi connectivity index (χ3v) is 5.27. The van der Waals surface area contributed by atoms with Crippen LogP contribution >= 0.6 is 0 Å². The van der Waals surface area contributed by atoms with Crippen LogP contribution in [0, 0.1) is 21.8 Å². The summed E-state index contributed by atoms with van der Waals surface area (Å²) < 4.78 is 0. The zero-order valence-electron chi connectivity index (χ0n) is 25.4. The average molecular weight is 590 g/mol. The molecule has 0 aliphatic rings. The molecule has 0 atom stereocenters. The van der Waals surface area contributed by atoms with E-state index in [1.54, 1.807) is 0 Å². The van der Waals surface area contributed by atoms with Gasteiger partial charge in [0.1, 0.15) is 0 Å². The number of allylic oxidation sites excluding steroid dienone is 2. The van der Waals surface area contributed by atoms with Gasteiger partial charge in [0.15, 0.2) is 0 Å². The number of fused-ring (bicyclic) bond motifs is 1. The maximum atomic E-state index is 6.94. The van der Waals surface area contributed by atoms with E-state index in [1.165, 1.54) is 38.6 Å². The standard InChI is InChI=1S/C16H13.C16H14.C4H10N.2CH3.Si.Ti/c1-12-10-14-8-5-9-15(16(14)11-12)13-6-3-2-4-7-13;1-3-9-15(10-4-1)13-7-8-14-16-11-5-2-6-12-16;1-4(2,3)5;;;;/h2-11H,1H3;1-14H;5H,1-3H3;2*1H3;;/q-1;;3*-1;;+4. The second-order valence-electron chi connectivity index (χ2n) is 10.00. The Morgan fingerprint density at radius 3 is 1.49 bits per heavy atom. The van der Waals surface area contributed by atoms with Crippen LogP contribution in [0.1, 0.15) is 37.5 Å². The maximum Gasteiger partial charge on any atom is 4.00 e. The van der Waals surface area contributed by atoms with Crippen molar-refractivity contribution in [2.24, 2.45) is 0 Å². The van der Waals surface area contributed by atoms with Crippen molar-refractivity contribution in [3.05, 3.63) is 171 Å². The van der Waals surface area contributed by atoms with E-state index in [9.17, 15) is 0 Å². The van der Waals surface area contributed by atoms with Crippen LogP contribution in [0.3, 0.4) is 0 Å². The van der Waals surface area contributed by atoms with Crippen molar-refractivity contribution in [2.45, 2.75) is 33.2 Å². The predicted molar refractivity (Wildman–Crippen MR) is 183 cm³/mol. The van der Waals surface area contributed by atoms with Crippen molar-refractivity contribution < 1.29 is 21.7 Å². The van der Waals surface area contributed by atoms with Gasteiger partial charge in [-0.25, -0.2) is 0 Å². The first-order valence-corrected chi connectivity index (χ1v) is 12.7. The van der Waals surface area contributed by atoms with Crippen LogP contribution in [0.15, 0.2) is 133 Å². The molecule has 4 radical (unpaired) electrons. The van der Waals surface area contributed by atoms with Crippen molar-refractivity contribution >= 4 is 33.9 Å². The molecule has 5 aromatic rings. The van der Waals surface area contributed by atoms with E-state index < -0.39 is 0 Å². The van der Waals surface area contributed by atoms with Crippen molar-refractivity contribution in [1.29, 1.82) is 0 Å². The molecular weight excluding hydrogens is 546 g/mol. The summed E-state index contributed by atoms with van der Waals surface area (Å²) in [6.45, 7) is 7.71. The molecule has 0 aliphatic carbocycles. The van der Waals surface area contributed by atoms with Crippen LogP contribution in [0.5, 0.6) is 0 Å². The normalized spacial score (nSPS) is 10.1. The van der Waals surface area contributed by atoms with Gasteiger partial charge in [-0.15, -0.1) is 40.1 Å². The Balaban J connectivity index is 0. The minimum absolute atomic E-state index is 0. The van der Waals surface area contributed by atoms with E-state index in [-0.39, 0.29) is 53.1 Å². The molecule has 0 amide bonds. The monoisotopic (exact) mass is 589 g/mol. The molecule has 5 rings (SSSR count). The number of rotatable bonds is 4. The molecule has 3 heteroatoms. The first-order valence-electron chi connectivity index (χ1n) is 12.7. The second kappa shape index (κ2) is 20.7. The van der Waals surface area contributed by atoms with E-state index in [0.29, 0.717) is 0 Å². The molecule has 0 bridgehead atoms.